The average Bonchev–Trinajstić information content (AvgIpc) is 2.52. The third-order valence-electron chi connectivity index (χ3n) is 3.81. The van der Waals surface area contributed by atoms with Crippen molar-refractivity contribution in [1.29, 1.82) is 0 Å². The van der Waals surface area contributed by atoms with E-state index < -0.39 is 7.60 Å². The molecule has 0 atom stereocenters. The molecule has 0 spiro atoms. The highest BCUT2D eigenvalue weighted by Crippen LogP contribution is 2.60. The smallest absolute Gasteiger partial charge is 0.311 e. The van der Waals surface area contributed by atoms with E-state index in [0.717, 1.165) is 5.56 Å². The number of allylic oxidation sites excluding steroid dienone is 2. The lowest BCUT2D eigenvalue weighted by molar-refractivity contribution is -0.130. The zero-order valence-electron chi connectivity index (χ0n) is 13.9. The molecule has 0 saturated heterocycles. The molecule has 0 radical (unpaired) electrons. The molecule has 1 aliphatic rings. The summed E-state index contributed by atoms with van der Waals surface area (Å²) in [6, 6.07) is 9.76. The molecule has 0 unspecified atom stereocenters. The maximum atomic E-state index is 13.0. The third-order valence-corrected chi connectivity index (χ3v) is 6.22. The van der Waals surface area contributed by atoms with E-state index in [4.69, 9.17) is 9.05 Å². The monoisotopic (exact) mass is 337 g/mol. The molecular weight excluding hydrogens is 313 g/mol. The number of amides is 1. The molecule has 1 aromatic rings. The van der Waals surface area contributed by atoms with Crippen LogP contribution in [0.2, 0.25) is 0 Å². The van der Waals surface area contributed by atoms with Crippen LogP contribution < -0.4 is 0 Å². The Morgan fingerprint density at radius 1 is 1.09 bits per heavy atom. The highest BCUT2D eigenvalue weighted by atomic mass is 31.2. The number of carbonyl (C=O) groups excluding carboxylic acids is 1. The summed E-state index contributed by atoms with van der Waals surface area (Å²) in [5.41, 5.74) is 1.72. The van der Waals surface area contributed by atoms with E-state index in [2.05, 4.69) is 0 Å². The first kappa shape index (κ1) is 17.9. The predicted molar refractivity (Wildman–Crippen MR) is 89.8 cm³/mol. The fourth-order valence-corrected chi connectivity index (χ4v) is 4.69. The van der Waals surface area contributed by atoms with Gasteiger partial charge in [0, 0.05) is 12.1 Å². The minimum absolute atomic E-state index is 0.0367. The Morgan fingerprint density at radius 3 is 2.26 bits per heavy atom. The first-order valence-corrected chi connectivity index (χ1v) is 9.49. The second-order valence-electron chi connectivity index (χ2n) is 5.33. The standard InChI is InChI=1S/C17H24NO4P/c1-4-21-23(20,22-5-2)16-11-12-17(19)18(14(16)3)13-15-9-7-6-8-10-15/h6-10H,4-5,11-13H2,1-3H3. The topological polar surface area (TPSA) is 55.8 Å². The second-order valence-corrected chi connectivity index (χ2v) is 7.38. The Bertz CT molecular complexity index is 617. The van der Waals surface area contributed by atoms with Gasteiger partial charge in [0.05, 0.1) is 25.1 Å². The van der Waals surface area contributed by atoms with Crippen molar-refractivity contribution in [2.45, 2.75) is 40.2 Å². The van der Waals surface area contributed by atoms with Gasteiger partial charge in [-0.3, -0.25) is 9.36 Å². The molecule has 0 N–H and O–H groups in total. The van der Waals surface area contributed by atoms with Crippen LogP contribution in [0, 0.1) is 0 Å². The van der Waals surface area contributed by atoms with Crippen molar-refractivity contribution in [3.63, 3.8) is 0 Å². The number of benzene rings is 1. The molecule has 23 heavy (non-hydrogen) atoms. The Hall–Kier alpha value is -1.42. The highest BCUT2D eigenvalue weighted by Gasteiger charge is 2.37. The number of carbonyl (C=O) groups is 1. The fraction of sp³-hybridized carbons (Fsp3) is 0.471. The van der Waals surface area contributed by atoms with Crippen LogP contribution in [0.25, 0.3) is 0 Å². The molecule has 5 nitrogen and oxygen atoms in total. The van der Waals surface area contributed by atoms with E-state index in [1.54, 1.807) is 18.7 Å². The number of nitrogens with zero attached hydrogens (tertiary/aromatic N) is 1. The Kier molecular flexibility index (Phi) is 6.17. The van der Waals surface area contributed by atoms with Crippen LogP contribution in [-0.4, -0.2) is 24.0 Å². The molecule has 1 aliphatic heterocycles. The zero-order valence-corrected chi connectivity index (χ0v) is 14.8. The van der Waals surface area contributed by atoms with Crippen molar-refractivity contribution < 1.29 is 18.4 Å². The van der Waals surface area contributed by atoms with E-state index in [9.17, 15) is 9.36 Å². The van der Waals surface area contributed by atoms with Crippen LogP contribution in [0.15, 0.2) is 41.3 Å². The van der Waals surface area contributed by atoms with Gasteiger partial charge < -0.3 is 13.9 Å². The van der Waals surface area contributed by atoms with Crippen LogP contribution in [-0.2, 0) is 25.0 Å². The predicted octanol–water partition coefficient (Wildman–Crippen LogP) is 4.31. The van der Waals surface area contributed by atoms with Crippen LogP contribution in [0.3, 0.4) is 0 Å². The quantitative estimate of drug-likeness (QED) is 0.696. The molecule has 1 amide bonds. The van der Waals surface area contributed by atoms with Gasteiger partial charge in [-0.1, -0.05) is 30.3 Å². The molecule has 2 rings (SSSR count). The van der Waals surface area contributed by atoms with Crippen molar-refractivity contribution in [2.75, 3.05) is 13.2 Å². The van der Waals surface area contributed by atoms with Gasteiger partial charge in [0.1, 0.15) is 0 Å². The van der Waals surface area contributed by atoms with Crippen LogP contribution in [0.5, 0.6) is 0 Å². The van der Waals surface area contributed by atoms with Gasteiger partial charge in [-0.15, -0.1) is 0 Å². The molecule has 0 saturated carbocycles. The van der Waals surface area contributed by atoms with Gasteiger partial charge in [0.2, 0.25) is 5.91 Å². The van der Waals surface area contributed by atoms with E-state index in [1.165, 1.54) is 0 Å². The van der Waals surface area contributed by atoms with E-state index in [1.807, 2.05) is 37.3 Å². The first-order chi connectivity index (χ1) is 11.0. The van der Waals surface area contributed by atoms with Gasteiger partial charge in [-0.05, 0) is 32.8 Å². The summed E-state index contributed by atoms with van der Waals surface area (Å²) in [6.07, 6.45) is 0.747. The Labute approximate surface area is 137 Å². The summed E-state index contributed by atoms with van der Waals surface area (Å²) >= 11 is 0. The Morgan fingerprint density at radius 2 is 1.70 bits per heavy atom. The summed E-state index contributed by atoms with van der Waals surface area (Å²) in [6.45, 7) is 6.48. The van der Waals surface area contributed by atoms with E-state index in [-0.39, 0.29) is 5.91 Å². The summed E-state index contributed by atoms with van der Waals surface area (Å²) in [7, 11) is -3.33. The molecule has 6 heteroatoms. The van der Waals surface area contributed by atoms with Crippen LogP contribution >= 0.6 is 7.60 Å². The van der Waals surface area contributed by atoms with Crippen molar-refractivity contribution in [2.24, 2.45) is 0 Å². The number of hydrogen-bond donors (Lipinski definition) is 0. The third kappa shape index (κ3) is 4.11. The van der Waals surface area contributed by atoms with Gasteiger partial charge >= 0.3 is 7.60 Å². The maximum absolute atomic E-state index is 13.0. The second kappa shape index (κ2) is 7.91. The molecule has 0 aromatic heterocycles. The summed E-state index contributed by atoms with van der Waals surface area (Å²) < 4.78 is 23.9. The molecule has 0 fully saturated rings. The summed E-state index contributed by atoms with van der Waals surface area (Å²) in [5.74, 6) is 0.0367. The van der Waals surface area contributed by atoms with Gasteiger partial charge in [0.15, 0.2) is 0 Å². The van der Waals surface area contributed by atoms with Gasteiger partial charge in [-0.25, -0.2) is 0 Å². The SMILES string of the molecule is CCOP(=O)(OCC)C1=C(C)N(Cc2ccccc2)C(=O)CC1. The van der Waals surface area contributed by atoms with Gasteiger partial charge in [0.25, 0.3) is 0 Å². The average molecular weight is 337 g/mol. The summed E-state index contributed by atoms with van der Waals surface area (Å²) in [5, 5.41) is 0.622. The minimum atomic E-state index is -3.33. The molecule has 1 heterocycles. The van der Waals surface area contributed by atoms with Crippen molar-refractivity contribution >= 4 is 13.5 Å². The molecular formula is C17H24NO4P. The number of rotatable bonds is 7. The molecule has 0 bridgehead atoms. The lowest BCUT2D eigenvalue weighted by Gasteiger charge is -2.32. The number of hydrogen-bond acceptors (Lipinski definition) is 4. The zero-order chi connectivity index (χ0) is 16.9. The van der Waals surface area contributed by atoms with Crippen LogP contribution in [0.4, 0.5) is 0 Å². The summed E-state index contributed by atoms with van der Waals surface area (Å²) in [4.78, 5) is 14.0. The maximum Gasteiger partial charge on any atom is 0.359 e. The fourth-order valence-electron chi connectivity index (χ4n) is 2.72. The highest BCUT2D eigenvalue weighted by molar-refractivity contribution is 7.58. The molecule has 126 valence electrons. The normalized spacial score (nSPS) is 16.1. The van der Waals surface area contributed by atoms with E-state index in [0.29, 0.717) is 43.6 Å². The van der Waals surface area contributed by atoms with Crippen LogP contribution in [0.1, 0.15) is 39.2 Å². The largest absolute Gasteiger partial charge is 0.359 e. The van der Waals surface area contributed by atoms with Crippen molar-refractivity contribution in [3.8, 4) is 0 Å². The van der Waals surface area contributed by atoms with Crippen molar-refractivity contribution in [3.05, 3.63) is 46.9 Å². The van der Waals surface area contributed by atoms with E-state index >= 15 is 0 Å². The molecule has 0 aliphatic carbocycles. The molecule has 1 aromatic carbocycles. The lowest BCUT2D eigenvalue weighted by Crippen LogP contribution is -2.33. The van der Waals surface area contributed by atoms with Crippen molar-refractivity contribution in [1.82, 2.24) is 4.90 Å². The minimum Gasteiger partial charge on any atom is -0.311 e. The first-order valence-electron chi connectivity index (χ1n) is 7.95. The lowest BCUT2D eigenvalue weighted by atomic mass is 10.1. The van der Waals surface area contributed by atoms with Gasteiger partial charge in [-0.2, -0.15) is 0 Å². The Balaban J connectivity index is 2.35.